The van der Waals surface area contributed by atoms with Crippen molar-refractivity contribution in [1.29, 1.82) is 0 Å². The Hall–Kier alpha value is -4.40. The minimum Gasteiger partial charge on any atom is -0.497 e. The van der Waals surface area contributed by atoms with Gasteiger partial charge in [-0.2, -0.15) is 0 Å². The van der Waals surface area contributed by atoms with Crippen molar-refractivity contribution < 1.29 is 14.3 Å². The summed E-state index contributed by atoms with van der Waals surface area (Å²) in [5.41, 5.74) is 1.89. The lowest BCUT2D eigenvalue weighted by Gasteiger charge is -2.15. The molecule has 2 aromatic heterocycles. The zero-order chi connectivity index (χ0) is 24.9. The number of fused-ring (bicyclic) bond motifs is 1. The molecule has 4 aromatic rings. The zero-order valence-corrected chi connectivity index (χ0v) is 19.8. The number of pyridine rings is 1. The fourth-order valence-corrected chi connectivity index (χ4v) is 3.84. The van der Waals surface area contributed by atoms with Gasteiger partial charge in [-0.3, -0.25) is 23.5 Å². The summed E-state index contributed by atoms with van der Waals surface area (Å²) >= 11 is 0. The van der Waals surface area contributed by atoms with E-state index >= 15 is 0 Å². The molecule has 180 valence electrons. The van der Waals surface area contributed by atoms with Crippen LogP contribution in [0.3, 0.4) is 0 Å². The Labute approximate surface area is 201 Å². The van der Waals surface area contributed by atoms with Gasteiger partial charge in [0, 0.05) is 18.3 Å². The highest BCUT2D eigenvalue weighted by molar-refractivity contribution is 5.79. The SMILES string of the molecule is COc1ccc(OC)c(CNC(=O)Cn2c(=O)c(=O)n(Cc3ccc(C)cc3)c3ncccc32)c1. The number of rotatable bonds is 8. The van der Waals surface area contributed by atoms with Crippen LogP contribution in [-0.4, -0.2) is 34.2 Å². The topological polar surface area (TPSA) is 104 Å². The van der Waals surface area contributed by atoms with Gasteiger partial charge in [0.25, 0.3) is 0 Å². The van der Waals surface area contributed by atoms with E-state index in [-0.39, 0.29) is 19.6 Å². The molecule has 4 rings (SSSR count). The van der Waals surface area contributed by atoms with Gasteiger partial charge >= 0.3 is 11.1 Å². The van der Waals surface area contributed by atoms with E-state index in [0.29, 0.717) is 28.2 Å². The van der Waals surface area contributed by atoms with Gasteiger partial charge in [0.2, 0.25) is 5.91 Å². The second-order valence-corrected chi connectivity index (χ2v) is 8.07. The van der Waals surface area contributed by atoms with Crippen LogP contribution in [0.5, 0.6) is 11.5 Å². The summed E-state index contributed by atoms with van der Waals surface area (Å²) in [6, 6.07) is 16.3. The molecule has 9 nitrogen and oxygen atoms in total. The molecule has 1 amide bonds. The van der Waals surface area contributed by atoms with Crippen LogP contribution >= 0.6 is 0 Å². The third-order valence-corrected chi connectivity index (χ3v) is 5.71. The molecule has 1 N–H and O–H groups in total. The molecule has 0 bridgehead atoms. The van der Waals surface area contributed by atoms with Gasteiger partial charge in [0.1, 0.15) is 18.0 Å². The highest BCUT2D eigenvalue weighted by Gasteiger charge is 2.17. The number of ether oxygens (including phenoxy) is 2. The van der Waals surface area contributed by atoms with Gasteiger partial charge in [0.05, 0.1) is 26.3 Å². The van der Waals surface area contributed by atoms with Crippen molar-refractivity contribution in [3.8, 4) is 11.5 Å². The van der Waals surface area contributed by atoms with Crippen molar-refractivity contribution in [1.82, 2.24) is 19.4 Å². The molecule has 0 unspecified atom stereocenters. The van der Waals surface area contributed by atoms with Crippen molar-refractivity contribution in [2.24, 2.45) is 0 Å². The fraction of sp³-hybridized carbons (Fsp3) is 0.231. The van der Waals surface area contributed by atoms with E-state index in [1.54, 1.807) is 43.6 Å². The van der Waals surface area contributed by atoms with Crippen molar-refractivity contribution >= 4 is 17.1 Å². The molecule has 0 atom stereocenters. The van der Waals surface area contributed by atoms with Gasteiger partial charge in [-0.05, 0) is 42.8 Å². The van der Waals surface area contributed by atoms with Crippen LogP contribution in [0.15, 0.2) is 70.4 Å². The lowest BCUT2D eigenvalue weighted by Crippen LogP contribution is -2.44. The number of aromatic nitrogens is 3. The van der Waals surface area contributed by atoms with Crippen LogP contribution in [0.4, 0.5) is 0 Å². The fourth-order valence-electron chi connectivity index (χ4n) is 3.84. The van der Waals surface area contributed by atoms with E-state index in [1.165, 1.54) is 11.7 Å². The minimum absolute atomic E-state index is 0.161. The summed E-state index contributed by atoms with van der Waals surface area (Å²) in [6.07, 6.45) is 1.55. The van der Waals surface area contributed by atoms with E-state index in [0.717, 1.165) is 15.7 Å². The first-order valence-corrected chi connectivity index (χ1v) is 11.0. The van der Waals surface area contributed by atoms with Gasteiger partial charge in [-0.25, -0.2) is 4.98 Å². The molecule has 35 heavy (non-hydrogen) atoms. The van der Waals surface area contributed by atoms with Crippen LogP contribution < -0.4 is 25.9 Å². The van der Waals surface area contributed by atoms with E-state index in [9.17, 15) is 14.4 Å². The molecule has 2 heterocycles. The number of carbonyl (C=O) groups excluding carboxylic acids is 1. The van der Waals surface area contributed by atoms with Gasteiger partial charge in [-0.1, -0.05) is 29.8 Å². The highest BCUT2D eigenvalue weighted by Crippen LogP contribution is 2.23. The number of aryl methyl sites for hydroxylation is 1. The molecule has 0 aliphatic heterocycles. The maximum absolute atomic E-state index is 13.0. The molecule has 0 aliphatic carbocycles. The maximum Gasteiger partial charge on any atom is 0.318 e. The number of amides is 1. The predicted molar refractivity (Wildman–Crippen MR) is 132 cm³/mol. The number of benzene rings is 2. The van der Waals surface area contributed by atoms with Crippen LogP contribution in [-0.2, 0) is 24.4 Å². The van der Waals surface area contributed by atoms with E-state index in [4.69, 9.17) is 9.47 Å². The quantitative estimate of drug-likeness (QED) is 0.393. The molecule has 0 aliphatic rings. The Kier molecular flexibility index (Phi) is 6.96. The third-order valence-electron chi connectivity index (χ3n) is 5.71. The maximum atomic E-state index is 13.0. The largest absolute Gasteiger partial charge is 0.497 e. The average molecular weight is 475 g/mol. The number of methoxy groups -OCH3 is 2. The average Bonchev–Trinajstić information content (AvgIpc) is 2.88. The Bertz CT molecular complexity index is 1490. The second-order valence-electron chi connectivity index (χ2n) is 8.07. The van der Waals surface area contributed by atoms with Gasteiger partial charge in [-0.15, -0.1) is 0 Å². The first-order valence-electron chi connectivity index (χ1n) is 11.0. The van der Waals surface area contributed by atoms with E-state index in [1.807, 2.05) is 31.2 Å². The summed E-state index contributed by atoms with van der Waals surface area (Å²) in [6.45, 7) is 2.01. The van der Waals surface area contributed by atoms with Gasteiger partial charge in [0.15, 0.2) is 5.65 Å². The molecule has 0 saturated carbocycles. The van der Waals surface area contributed by atoms with E-state index < -0.39 is 17.0 Å². The summed E-state index contributed by atoms with van der Waals surface area (Å²) < 4.78 is 13.1. The lowest BCUT2D eigenvalue weighted by atomic mass is 10.1. The summed E-state index contributed by atoms with van der Waals surface area (Å²) in [7, 11) is 3.09. The molecule has 2 aromatic carbocycles. The minimum atomic E-state index is -0.785. The Balaban J connectivity index is 1.62. The predicted octanol–water partition coefficient (Wildman–Crippen LogP) is 2.25. The molecule has 0 radical (unpaired) electrons. The molecule has 0 saturated heterocycles. The van der Waals surface area contributed by atoms with Crippen LogP contribution in [0.25, 0.3) is 11.2 Å². The molecule has 0 fully saturated rings. The smallest absolute Gasteiger partial charge is 0.318 e. The second kappa shape index (κ2) is 10.3. The normalized spacial score (nSPS) is 10.8. The van der Waals surface area contributed by atoms with Crippen LogP contribution in [0.1, 0.15) is 16.7 Å². The highest BCUT2D eigenvalue weighted by atomic mass is 16.5. The van der Waals surface area contributed by atoms with Gasteiger partial charge < -0.3 is 14.8 Å². The molecule has 0 spiro atoms. The van der Waals surface area contributed by atoms with Crippen molar-refractivity contribution in [2.75, 3.05) is 14.2 Å². The Morgan fingerprint density at radius 2 is 1.71 bits per heavy atom. The number of carbonyl (C=O) groups is 1. The number of nitrogens with one attached hydrogen (secondary N) is 1. The summed E-state index contributed by atoms with van der Waals surface area (Å²) in [4.78, 5) is 43.2. The summed E-state index contributed by atoms with van der Waals surface area (Å²) in [5.74, 6) is 0.787. The summed E-state index contributed by atoms with van der Waals surface area (Å²) in [5, 5.41) is 2.78. The molecular weight excluding hydrogens is 448 g/mol. The number of hydrogen-bond donors (Lipinski definition) is 1. The zero-order valence-electron chi connectivity index (χ0n) is 19.8. The lowest BCUT2D eigenvalue weighted by molar-refractivity contribution is -0.121. The first-order chi connectivity index (χ1) is 16.9. The first kappa shape index (κ1) is 23.7. The monoisotopic (exact) mass is 474 g/mol. The molecular formula is C26H26N4O5. The van der Waals surface area contributed by atoms with Crippen molar-refractivity contribution in [3.63, 3.8) is 0 Å². The van der Waals surface area contributed by atoms with Crippen LogP contribution in [0.2, 0.25) is 0 Å². The number of hydrogen-bond acceptors (Lipinski definition) is 6. The van der Waals surface area contributed by atoms with Crippen molar-refractivity contribution in [3.05, 3.63) is 98.2 Å². The van der Waals surface area contributed by atoms with E-state index in [2.05, 4.69) is 10.3 Å². The Morgan fingerprint density at radius 3 is 2.43 bits per heavy atom. The van der Waals surface area contributed by atoms with Crippen LogP contribution in [0, 0.1) is 6.92 Å². The number of nitrogens with zero attached hydrogens (tertiary/aromatic N) is 3. The van der Waals surface area contributed by atoms with Crippen molar-refractivity contribution in [2.45, 2.75) is 26.6 Å². The Morgan fingerprint density at radius 1 is 0.971 bits per heavy atom. The molecule has 9 heteroatoms. The third kappa shape index (κ3) is 5.08. The standard InChI is InChI=1S/C26H26N4O5/c1-17-6-8-18(9-7-17)15-30-24-21(5-4-12-27-24)29(25(32)26(30)33)16-23(31)28-14-19-13-20(34-2)10-11-22(19)35-3/h4-13H,14-16H2,1-3H3,(H,28,31).